The first-order valence-electron chi connectivity index (χ1n) is 3.70. The first-order valence-corrected chi connectivity index (χ1v) is 3.70. The van der Waals surface area contributed by atoms with Gasteiger partial charge in [0, 0.05) is 18.8 Å². The summed E-state index contributed by atoms with van der Waals surface area (Å²) < 4.78 is 1.66. The van der Waals surface area contributed by atoms with E-state index in [1.165, 1.54) is 0 Å². The van der Waals surface area contributed by atoms with Gasteiger partial charge < -0.3 is 4.98 Å². The van der Waals surface area contributed by atoms with Crippen LogP contribution in [0.15, 0.2) is 17.1 Å². The summed E-state index contributed by atoms with van der Waals surface area (Å²) >= 11 is 0. The van der Waals surface area contributed by atoms with Gasteiger partial charge in [0.1, 0.15) is 5.65 Å². The molecule has 0 aliphatic heterocycles. The molecule has 62 valence electrons. The lowest BCUT2D eigenvalue weighted by Crippen LogP contribution is -2.03. The molecule has 0 bridgehead atoms. The molecule has 0 radical (unpaired) electrons. The Morgan fingerprint density at radius 2 is 2.33 bits per heavy atom. The molecule has 0 aliphatic rings. The summed E-state index contributed by atoms with van der Waals surface area (Å²) in [6, 6.07) is 1.57. The second kappa shape index (κ2) is 2.20. The van der Waals surface area contributed by atoms with Crippen molar-refractivity contribution in [2.24, 2.45) is 7.05 Å². The van der Waals surface area contributed by atoms with Gasteiger partial charge in [-0.1, -0.05) is 0 Å². The predicted octanol–water partition coefficient (Wildman–Crippen LogP) is 0.570. The summed E-state index contributed by atoms with van der Waals surface area (Å²) in [6.45, 7) is 1.86. The van der Waals surface area contributed by atoms with Crippen LogP contribution in [-0.4, -0.2) is 14.8 Å². The predicted molar refractivity (Wildman–Crippen MR) is 46.1 cm³/mol. The Morgan fingerprint density at radius 3 is 3.08 bits per heavy atom. The van der Waals surface area contributed by atoms with Gasteiger partial charge in [-0.2, -0.15) is 5.10 Å². The highest BCUT2D eigenvalue weighted by Crippen LogP contribution is 2.04. The van der Waals surface area contributed by atoms with Crippen molar-refractivity contribution in [3.8, 4) is 0 Å². The van der Waals surface area contributed by atoms with Crippen molar-refractivity contribution in [3.63, 3.8) is 0 Å². The van der Waals surface area contributed by atoms with Crippen molar-refractivity contribution < 1.29 is 0 Å². The smallest absolute Gasteiger partial charge is 0.192 e. The Kier molecular flexibility index (Phi) is 1.30. The van der Waals surface area contributed by atoms with Crippen LogP contribution in [0.25, 0.3) is 11.0 Å². The van der Waals surface area contributed by atoms with Crippen LogP contribution in [0, 0.1) is 6.92 Å². The van der Waals surface area contributed by atoms with E-state index in [0.717, 1.165) is 11.3 Å². The largest absolute Gasteiger partial charge is 0.344 e. The molecule has 2 aromatic rings. The van der Waals surface area contributed by atoms with Crippen LogP contribution >= 0.6 is 0 Å². The molecule has 0 aliphatic carbocycles. The molecule has 2 heterocycles. The van der Waals surface area contributed by atoms with Crippen LogP contribution < -0.4 is 5.43 Å². The minimum Gasteiger partial charge on any atom is -0.344 e. The highest BCUT2D eigenvalue weighted by Gasteiger charge is 2.02. The summed E-state index contributed by atoms with van der Waals surface area (Å²) in [5.74, 6) is 0. The first-order chi connectivity index (χ1) is 5.68. The molecule has 0 atom stereocenters. The lowest BCUT2D eigenvalue weighted by Gasteiger charge is -1.95. The highest BCUT2D eigenvalue weighted by molar-refractivity contribution is 5.74. The molecular formula is C8H9N3O. The minimum absolute atomic E-state index is 0.0225. The zero-order valence-corrected chi connectivity index (χ0v) is 6.96. The SMILES string of the molecule is Cc1cc(=O)c2cnn(C)c2[nH]1. The number of pyridine rings is 1. The van der Waals surface area contributed by atoms with Crippen molar-refractivity contribution >= 4 is 11.0 Å². The first kappa shape index (κ1) is 7.09. The molecular weight excluding hydrogens is 154 g/mol. The quantitative estimate of drug-likeness (QED) is 0.617. The zero-order valence-electron chi connectivity index (χ0n) is 6.96. The van der Waals surface area contributed by atoms with Crippen molar-refractivity contribution in [1.82, 2.24) is 14.8 Å². The normalized spacial score (nSPS) is 10.8. The average molecular weight is 163 g/mol. The van der Waals surface area contributed by atoms with E-state index < -0.39 is 0 Å². The van der Waals surface area contributed by atoms with Crippen LogP contribution in [0.4, 0.5) is 0 Å². The Bertz CT molecular complexity index is 480. The van der Waals surface area contributed by atoms with Crippen molar-refractivity contribution in [2.45, 2.75) is 6.92 Å². The standard InChI is InChI=1S/C8H9N3O/c1-5-3-7(12)6-4-9-11(2)8(6)10-5/h3-4H,1-2H3,(H,10,12). The second-order valence-electron chi connectivity index (χ2n) is 2.85. The molecule has 2 rings (SSSR count). The molecule has 0 spiro atoms. The summed E-state index contributed by atoms with van der Waals surface area (Å²) in [6.07, 6.45) is 1.58. The molecule has 0 aromatic carbocycles. The summed E-state index contributed by atoms with van der Waals surface area (Å²) in [5, 5.41) is 4.62. The molecule has 12 heavy (non-hydrogen) atoms. The van der Waals surface area contributed by atoms with Crippen LogP contribution in [-0.2, 0) is 7.05 Å². The molecule has 4 heteroatoms. The fourth-order valence-corrected chi connectivity index (χ4v) is 1.26. The third kappa shape index (κ3) is 0.845. The van der Waals surface area contributed by atoms with E-state index in [-0.39, 0.29) is 5.43 Å². The third-order valence-electron chi connectivity index (χ3n) is 1.87. The van der Waals surface area contributed by atoms with E-state index in [0.29, 0.717) is 5.39 Å². The number of hydrogen-bond acceptors (Lipinski definition) is 2. The Labute approximate surface area is 68.8 Å². The molecule has 1 N–H and O–H groups in total. The Hall–Kier alpha value is -1.58. The molecule has 0 fully saturated rings. The van der Waals surface area contributed by atoms with Crippen molar-refractivity contribution in [2.75, 3.05) is 0 Å². The van der Waals surface area contributed by atoms with Gasteiger partial charge in [-0.25, -0.2) is 0 Å². The van der Waals surface area contributed by atoms with Crippen LogP contribution in [0.1, 0.15) is 5.69 Å². The van der Waals surface area contributed by atoms with Gasteiger partial charge in [0.2, 0.25) is 0 Å². The lowest BCUT2D eigenvalue weighted by molar-refractivity contribution is 0.785. The number of aromatic nitrogens is 3. The summed E-state index contributed by atoms with van der Waals surface area (Å²) in [5.41, 5.74) is 1.66. The maximum Gasteiger partial charge on any atom is 0.192 e. The van der Waals surface area contributed by atoms with E-state index in [9.17, 15) is 4.79 Å². The fourth-order valence-electron chi connectivity index (χ4n) is 1.26. The maximum absolute atomic E-state index is 11.3. The van der Waals surface area contributed by atoms with Gasteiger partial charge in [0.15, 0.2) is 5.43 Å². The van der Waals surface area contributed by atoms with E-state index in [2.05, 4.69) is 10.1 Å². The topological polar surface area (TPSA) is 50.7 Å². The molecule has 2 aromatic heterocycles. The molecule has 0 saturated carbocycles. The van der Waals surface area contributed by atoms with Gasteiger partial charge >= 0.3 is 0 Å². The molecule has 4 nitrogen and oxygen atoms in total. The van der Waals surface area contributed by atoms with E-state index in [4.69, 9.17) is 0 Å². The van der Waals surface area contributed by atoms with Gasteiger partial charge in [-0.15, -0.1) is 0 Å². The zero-order chi connectivity index (χ0) is 8.72. The fraction of sp³-hybridized carbons (Fsp3) is 0.250. The highest BCUT2D eigenvalue weighted by atomic mass is 16.1. The van der Waals surface area contributed by atoms with E-state index in [1.807, 2.05) is 6.92 Å². The number of nitrogens with one attached hydrogen (secondary N) is 1. The average Bonchev–Trinajstić information content (AvgIpc) is 2.33. The second-order valence-corrected chi connectivity index (χ2v) is 2.85. The Balaban J connectivity index is 3.03. The minimum atomic E-state index is 0.0225. The van der Waals surface area contributed by atoms with E-state index >= 15 is 0 Å². The molecule has 0 saturated heterocycles. The summed E-state index contributed by atoms with van der Waals surface area (Å²) in [7, 11) is 1.80. The number of H-pyrrole nitrogens is 1. The monoisotopic (exact) mass is 163 g/mol. The number of fused-ring (bicyclic) bond motifs is 1. The van der Waals surface area contributed by atoms with Crippen molar-refractivity contribution in [1.29, 1.82) is 0 Å². The molecule has 0 unspecified atom stereocenters. The lowest BCUT2D eigenvalue weighted by atomic mass is 10.3. The van der Waals surface area contributed by atoms with Crippen LogP contribution in [0.2, 0.25) is 0 Å². The van der Waals surface area contributed by atoms with Gasteiger partial charge in [-0.3, -0.25) is 9.48 Å². The summed E-state index contributed by atoms with van der Waals surface area (Å²) in [4.78, 5) is 14.4. The number of hydrogen-bond donors (Lipinski definition) is 1. The van der Waals surface area contributed by atoms with Gasteiger partial charge in [0.25, 0.3) is 0 Å². The van der Waals surface area contributed by atoms with Gasteiger partial charge in [-0.05, 0) is 6.92 Å². The van der Waals surface area contributed by atoms with Crippen LogP contribution in [0.3, 0.4) is 0 Å². The molecule has 0 amide bonds. The van der Waals surface area contributed by atoms with E-state index in [1.54, 1.807) is 24.0 Å². The van der Waals surface area contributed by atoms with Gasteiger partial charge in [0.05, 0.1) is 11.6 Å². The maximum atomic E-state index is 11.3. The number of aromatic amines is 1. The van der Waals surface area contributed by atoms with Crippen molar-refractivity contribution in [3.05, 3.63) is 28.2 Å². The number of rotatable bonds is 0. The number of aryl methyl sites for hydroxylation is 2. The Morgan fingerprint density at radius 1 is 1.58 bits per heavy atom. The number of nitrogens with zero attached hydrogens (tertiary/aromatic N) is 2. The third-order valence-corrected chi connectivity index (χ3v) is 1.87. The van der Waals surface area contributed by atoms with Crippen LogP contribution in [0.5, 0.6) is 0 Å².